The Balaban J connectivity index is 1.51. The zero-order chi connectivity index (χ0) is 16.8. The Morgan fingerprint density at radius 3 is 2.58 bits per heavy atom. The Labute approximate surface area is 149 Å². The number of aromatic nitrogens is 2. The third-order valence-electron chi connectivity index (χ3n) is 4.51. The summed E-state index contributed by atoms with van der Waals surface area (Å²) < 4.78 is 0. The summed E-state index contributed by atoms with van der Waals surface area (Å²) in [4.78, 5) is 13.9. The molecular formula is C19H26N4S. The van der Waals surface area contributed by atoms with E-state index in [0.717, 1.165) is 24.0 Å². The smallest absolute Gasteiger partial charge is 0.187 e. The van der Waals surface area contributed by atoms with Gasteiger partial charge in [0.15, 0.2) is 5.16 Å². The summed E-state index contributed by atoms with van der Waals surface area (Å²) in [5.41, 5.74) is 2.51. The van der Waals surface area contributed by atoms with Crippen molar-refractivity contribution in [1.82, 2.24) is 19.8 Å². The summed E-state index contributed by atoms with van der Waals surface area (Å²) in [5, 5.41) is 0.854. The first-order valence-electron chi connectivity index (χ1n) is 8.57. The van der Waals surface area contributed by atoms with E-state index in [-0.39, 0.29) is 0 Å². The third-order valence-corrected chi connectivity index (χ3v) is 5.46. The number of benzene rings is 1. The minimum Gasteiger partial charge on any atom is -0.305 e. The molecule has 0 unspecified atom stereocenters. The van der Waals surface area contributed by atoms with Crippen LogP contribution in [0.2, 0.25) is 0 Å². The molecule has 0 bridgehead atoms. The Morgan fingerprint density at radius 2 is 1.88 bits per heavy atom. The van der Waals surface area contributed by atoms with Gasteiger partial charge in [0.25, 0.3) is 0 Å². The van der Waals surface area contributed by atoms with E-state index in [1.165, 1.54) is 30.5 Å². The van der Waals surface area contributed by atoms with Crippen molar-refractivity contribution in [2.45, 2.75) is 36.3 Å². The highest BCUT2D eigenvalue weighted by atomic mass is 32.2. The van der Waals surface area contributed by atoms with Gasteiger partial charge in [-0.15, -0.1) is 0 Å². The van der Waals surface area contributed by atoms with Crippen LogP contribution in [0, 0.1) is 0 Å². The van der Waals surface area contributed by atoms with Crippen molar-refractivity contribution in [3.05, 3.63) is 53.9 Å². The van der Waals surface area contributed by atoms with E-state index in [1.54, 1.807) is 11.8 Å². The molecule has 0 saturated carbocycles. The fourth-order valence-electron chi connectivity index (χ4n) is 3.08. The normalized spacial score (nSPS) is 18.9. The molecule has 0 radical (unpaired) electrons. The summed E-state index contributed by atoms with van der Waals surface area (Å²) in [5.74, 6) is 0.914. The standard InChI is InChI=1S/C19H26N4S/c1-22(2)18-9-6-10-23(14-18)13-17-11-20-19(21-12-17)24-15-16-7-4-3-5-8-16/h3-5,7-8,11-12,18H,6,9-10,13-15H2,1-2H3/t18-/m0/s1. The number of likely N-dealkylation sites (N-methyl/N-ethyl adjacent to an activating group) is 1. The molecule has 1 saturated heterocycles. The van der Waals surface area contributed by atoms with Gasteiger partial charge in [-0.05, 0) is 39.0 Å². The lowest BCUT2D eigenvalue weighted by molar-refractivity contribution is 0.127. The van der Waals surface area contributed by atoms with Crippen molar-refractivity contribution < 1.29 is 0 Å². The van der Waals surface area contributed by atoms with Gasteiger partial charge in [-0.1, -0.05) is 42.1 Å². The van der Waals surface area contributed by atoms with Crippen LogP contribution in [0.15, 0.2) is 47.9 Å². The Morgan fingerprint density at radius 1 is 1.12 bits per heavy atom. The lowest BCUT2D eigenvalue weighted by Gasteiger charge is -2.36. The van der Waals surface area contributed by atoms with E-state index >= 15 is 0 Å². The van der Waals surface area contributed by atoms with Crippen molar-refractivity contribution in [2.24, 2.45) is 0 Å². The highest BCUT2D eigenvalue weighted by molar-refractivity contribution is 7.98. The zero-order valence-electron chi connectivity index (χ0n) is 14.6. The van der Waals surface area contributed by atoms with Crippen molar-refractivity contribution in [3.8, 4) is 0 Å². The Hall–Kier alpha value is -1.43. The van der Waals surface area contributed by atoms with Crippen molar-refractivity contribution >= 4 is 11.8 Å². The van der Waals surface area contributed by atoms with E-state index in [1.807, 2.05) is 18.5 Å². The summed E-state index contributed by atoms with van der Waals surface area (Å²) >= 11 is 1.69. The predicted octanol–water partition coefficient (Wildman–Crippen LogP) is 3.29. The van der Waals surface area contributed by atoms with E-state index in [0.29, 0.717) is 6.04 Å². The van der Waals surface area contributed by atoms with Crippen LogP contribution in [0.5, 0.6) is 0 Å². The summed E-state index contributed by atoms with van der Waals surface area (Å²) in [6, 6.07) is 11.1. The van der Waals surface area contributed by atoms with Gasteiger partial charge in [0.05, 0.1) is 0 Å². The first-order chi connectivity index (χ1) is 11.7. The quantitative estimate of drug-likeness (QED) is 0.594. The predicted molar refractivity (Wildman–Crippen MR) is 100 cm³/mol. The molecule has 0 amide bonds. The molecule has 1 aliphatic rings. The van der Waals surface area contributed by atoms with Crippen LogP contribution in [0.25, 0.3) is 0 Å². The molecule has 0 N–H and O–H groups in total. The van der Waals surface area contributed by atoms with Crippen molar-refractivity contribution in [2.75, 3.05) is 27.2 Å². The molecule has 5 heteroatoms. The number of piperidine rings is 1. The zero-order valence-corrected chi connectivity index (χ0v) is 15.4. The second-order valence-electron chi connectivity index (χ2n) is 6.64. The summed E-state index contributed by atoms with van der Waals surface area (Å²) in [6.45, 7) is 3.26. The van der Waals surface area contributed by atoms with Crippen LogP contribution in [0.3, 0.4) is 0 Å². The van der Waals surface area contributed by atoms with Gasteiger partial charge in [-0.25, -0.2) is 9.97 Å². The molecule has 128 valence electrons. The highest BCUT2D eigenvalue weighted by Gasteiger charge is 2.21. The number of nitrogens with zero attached hydrogens (tertiary/aromatic N) is 4. The van der Waals surface area contributed by atoms with Crippen LogP contribution >= 0.6 is 11.8 Å². The second kappa shape index (κ2) is 8.60. The van der Waals surface area contributed by atoms with E-state index in [2.05, 4.69) is 58.1 Å². The molecule has 1 aliphatic heterocycles. The molecule has 4 nitrogen and oxygen atoms in total. The van der Waals surface area contributed by atoms with Crippen molar-refractivity contribution in [3.63, 3.8) is 0 Å². The minimum absolute atomic E-state index is 0.667. The lowest BCUT2D eigenvalue weighted by Crippen LogP contribution is -2.44. The SMILES string of the molecule is CN(C)[C@H]1CCCN(Cc2cnc(SCc3ccccc3)nc2)C1. The molecule has 2 heterocycles. The molecule has 0 spiro atoms. The molecule has 24 heavy (non-hydrogen) atoms. The topological polar surface area (TPSA) is 32.3 Å². The molecule has 2 aromatic rings. The molecule has 1 aromatic carbocycles. The Kier molecular flexibility index (Phi) is 6.24. The van der Waals surface area contributed by atoms with E-state index in [4.69, 9.17) is 0 Å². The molecule has 0 aliphatic carbocycles. The lowest BCUT2D eigenvalue weighted by atomic mass is 10.0. The number of hydrogen-bond acceptors (Lipinski definition) is 5. The highest BCUT2D eigenvalue weighted by Crippen LogP contribution is 2.20. The van der Waals surface area contributed by atoms with Crippen LogP contribution in [-0.2, 0) is 12.3 Å². The maximum absolute atomic E-state index is 4.53. The van der Waals surface area contributed by atoms with Crippen LogP contribution < -0.4 is 0 Å². The molecular weight excluding hydrogens is 316 g/mol. The number of likely N-dealkylation sites (tertiary alicyclic amines) is 1. The first-order valence-corrected chi connectivity index (χ1v) is 9.55. The molecule has 1 fully saturated rings. The van der Waals surface area contributed by atoms with E-state index < -0.39 is 0 Å². The van der Waals surface area contributed by atoms with Gasteiger partial charge >= 0.3 is 0 Å². The number of hydrogen-bond donors (Lipinski definition) is 0. The molecule has 1 aromatic heterocycles. The summed E-state index contributed by atoms with van der Waals surface area (Å²) in [6.07, 6.45) is 6.54. The third kappa shape index (κ3) is 5.03. The largest absolute Gasteiger partial charge is 0.305 e. The second-order valence-corrected chi connectivity index (χ2v) is 7.59. The summed E-state index contributed by atoms with van der Waals surface area (Å²) in [7, 11) is 4.35. The molecule has 1 atom stereocenters. The van der Waals surface area contributed by atoms with E-state index in [9.17, 15) is 0 Å². The van der Waals surface area contributed by atoms with Gasteiger partial charge in [0.2, 0.25) is 0 Å². The average Bonchev–Trinajstić information content (AvgIpc) is 2.62. The van der Waals surface area contributed by atoms with Gasteiger partial charge in [-0.3, -0.25) is 4.90 Å². The Bertz CT molecular complexity index is 615. The first kappa shape index (κ1) is 17.4. The monoisotopic (exact) mass is 342 g/mol. The van der Waals surface area contributed by atoms with Gasteiger partial charge in [-0.2, -0.15) is 0 Å². The molecule has 3 rings (SSSR count). The average molecular weight is 343 g/mol. The maximum Gasteiger partial charge on any atom is 0.187 e. The maximum atomic E-state index is 4.53. The van der Waals surface area contributed by atoms with Crippen LogP contribution in [0.4, 0.5) is 0 Å². The fraction of sp³-hybridized carbons (Fsp3) is 0.474. The number of rotatable bonds is 6. The van der Waals surface area contributed by atoms with Gasteiger partial charge in [0, 0.05) is 42.8 Å². The van der Waals surface area contributed by atoms with Gasteiger partial charge in [0.1, 0.15) is 0 Å². The van der Waals surface area contributed by atoms with Crippen LogP contribution in [0.1, 0.15) is 24.0 Å². The van der Waals surface area contributed by atoms with Crippen LogP contribution in [-0.4, -0.2) is 53.0 Å². The minimum atomic E-state index is 0.667. The van der Waals surface area contributed by atoms with Crippen molar-refractivity contribution in [1.29, 1.82) is 0 Å². The number of thioether (sulfide) groups is 1. The fourth-order valence-corrected chi connectivity index (χ4v) is 3.82. The van der Waals surface area contributed by atoms with Gasteiger partial charge < -0.3 is 4.90 Å².